The third-order valence-electron chi connectivity index (χ3n) is 12.7. The normalized spacial score (nSPS) is 20.2. The molecule has 0 saturated carbocycles. The second-order valence-corrected chi connectivity index (χ2v) is 17.6. The number of hydrogen-bond donors (Lipinski definition) is 6. The van der Waals surface area contributed by atoms with E-state index >= 15 is 0 Å². The fourth-order valence-electron chi connectivity index (χ4n) is 9.60. The van der Waals surface area contributed by atoms with E-state index in [4.69, 9.17) is 9.47 Å². The van der Waals surface area contributed by atoms with Crippen molar-refractivity contribution in [2.24, 2.45) is 35.5 Å². The lowest BCUT2D eigenvalue weighted by molar-refractivity contribution is -0.144. The average molecular weight is 841 g/mol. The van der Waals surface area contributed by atoms with Gasteiger partial charge in [0.25, 0.3) is 0 Å². The van der Waals surface area contributed by atoms with E-state index in [1.54, 1.807) is 4.90 Å². The van der Waals surface area contributed by atoms with Gasteiger partial charge in [0.15, 0.2) is 0 Å². The van der Waals surface area contributed by atoms with Crippen molar-refractivity contribution in [3.63, 3.8) is 0 Å². The number of ether oxygens (including phenoxy) is 2. The Balaban J connectivity index is 1.15. The lowest BCUT2D eigenvalue weighted by Gasteiger charge is -2.24. The van der Waals surface area contributed by atoms with Crippen molar-refractivity contribution in [2.75, 3.05) is 65.6 Å². The van der Waals surface area contributed by atoms with E-state index in [-0.39, 0.29) is 56.4 Å². The first kappa shape index (κ1) is 45.5. The molecular weight excluding hydrogens is 777 g/mol. The van der Waals surface area contributed by atoms with Crippen LogP contribution in [-0.4, -0.2) is 110 Å². The monoisotopic (exact) mass is 840 g/mol. The number of rotatable bonds is 22. The van der Waals surface area contributed by atoms with Crippen LogP contribution in [0, 0.1) is 56.3 Å². The SMILES string of the molecule is Cc1cc(CC(=O)N(CCOc2cc(C)cc(C[C@H](C(=O)O)[C@H]3CCNC3)c2)CCOc2cc(C)cc(C[C@H](C(=O)O)[C@H]3CCNC3)c2)cc(C[C@H](C(=O)O)[C@H]2CCNC2)c1. The van der Waals surface area contributed by atoms with Gasteiger partial charge in [-0.25, -0.2) is 0 Å². The van der Waals surface area contributed by atoms with E-state index < -0.39 is 35.7 Å². The van der Waals surface area contributed by atoms with Gasteiger partial charge in [0, 0.05) is 0 Å². The van der Waals surface area contributed by atoms with Gasteiger partial charge >= 0.3 is 17.9 Å². The average Bonchev–Trinajstić information content (AvgIpc) is 4.02. The molecule has 6 rings (SSSR count). The van der Waals surface area contributed by atoms with E-state index in [9.17, 15) is 34.5 Å². The van der Waals surface area contributed by atoms with Gasteiger partial charge in [-0.1, -0.05) is 35.9 Å². The third-order valence-corrected chi connectivity index (χ3v) is 12.7. The second-order valence-electron chi connectivity index (χ2n) is 17.6. The fourth-order valence-corrected chi connectivity index (χ4v) is 9.60. The predicted molar refractivity (Wildman–Crippen MR) is 232 cm³/mol. The Morgan fingerprint density at radius 1 is 0.557 bits per heavy atom. The summed E-state index contributed by atoms with van der Waals surface area (Å²) < 4.78 is 12.5. The van der Waals surface area contributed by atoms with Crippen LogP contribution in [0.1, 0.15) is 58.2 Å². The summed E-state index contributed by atoms with van der Waals surface area (Å²) in [5, 5.41) is 40.0. The maximum Gasteiger partial charge on any atom is 0.307 e. The van der Waals surface area contributed by atoms with E-state index in [1.807, 2.05) is 75.4 Å². The van der Waals surface area contributed by atoms with Crippen molar-refractivity contribution in [1.29, 1.82) is 0 Å². The molecule has 13 heteroatoms. The summed E-state index contributed by atoms with van der Waals surface area (Å²) >= 11 is 0. The molecule has 0 unspecified atom stereocenters. The van der Waals surface area contributed by atoms with Gasteiger partial charge in [0.05, 0.1) is 37.3 Å². The topological polar surface area (TPSA) is 187 Å². The lowest BCUT2D eigenvalue weighted by atomic mass is 9.85. The Labute approximate surface area is 359 Å². The Kier molecular flexibility index (Phi) is 16.2. The van der Waals surface area contributed by atoms with Crippen LogP contribution < -0.4 is 25.4 Å². The van der Waals surface area contributed by atoms with Crippen LogP contribution in [0.5, 0.6) is 11.5 Å². The van der Waals surface area contributed by atoms with Crippen LogP contribution in [0.2, 0.25) is 0 Å². The summed E-state index contributed by atoms with van der Waals surface area (Å²) in [6.07, 6.45) is 3.80. The number of carbonyl (C=O) groups excluding carboxylic acids is 1. The van der Waals surface area contributed by atoms with Crippen molar-refractivity contribution >= 4 is 23.8 Å². The highest BCUT2D eigenvalue weighted by atomic mass is 16.5. The minimum atomic E-state index is -0.805. The van der Waals surface area contributed by atoms with Gasteiger partial charge in [-0.2, -0.15) is 0 Å². The van der Waals surface area contributed by atoms with Crippen LogP contribution in [0.4, 0.5) is 0 Å². The Morgan fingerprint density at radius 3 is 1.28 bits per heavy atom. The minimum absolute atomic E-state index is 0.0546. The van der Waals surface area contributed by atoms with Crippen molar-refractivity contribution in [2.45, 2.75) is 65.7 Å². The second kappa shape index (κ2) is 21.7. The molecule has 0 aromatic heterocycles. The standard InChI is InChI=1S/C48H64N4O9/c1-30-14-33(23-42(46(54)55)37-4-7-49-27-37)20-34(15-30)26-45(53)52(10-12-60-40-18-31(2)16-35(21-40)24-43(47(56)57)38-5-8-50-28-38)11-13-61-41-19-32(3)17-36(22-41)25-44(48(58)59)39-6-9-51-29-39/h14-22,37-39,42-44,49-51H,4-13,23-29H2,1-3H3,(H,54,55)(H,56,57)(H,58,59)/t37-,38-,39-,42-,43-,44-/m0/s1. The first-order valence-electron chi connectivity index (χ1n) is 22.0. The molecule has 6 atom stereocenters. The largest absolute Gasteiger partial charge is 0.492 e. The van der Waals surface area contributed by atoms with Gasteiger partial charge in [0.1, 0.15) is 24.7 Å². The molecule has 3 aliphatic heterocycles. The molecule has 0 spiro atoms. The van der Waals surface area contributed by atoms with Crippen molar-refractivity contribution < 1.29 is 44.0 Å². The van der Waals surface area contributed by atoms with Gasteiger partial charge in [-0.05, 0) is 174 Å². The molecule has 0 aliphatic carbocycles. The van der Waals surface area contributed by atoms with E-state index in [0.29, 0.717) is 50.4 Å². The van der Waals surface area contributed by atoms with Crippen LogP contribution >= 0.6 is 0 Å². The number of benzene rings is 3. The van der Waals surface area contributed by atoms with Crippen molar-refractivity contribution in [3.05, 3.63) is 93.5 Å². The Hall–Kier alpha value is -4.98. The minimum Gasteiger partial charge on any atom is -0.492 e. The molecule has 3 fully saturated rings. The molecule has 6 N–H and O–H groups in total. The van der Waals surface area contributed by atoms with Gasteiger partial charge < -0.3 is 45.6 Å². The van der Waals surface area contributed by atoms with Crippen LogP contribution in [0.3, 0.4) is 0 Å². The Bertz CT molecular complexity index is 1900. The van der Waals surface area contributed by atoms with Crippen LogP contribution in [0.25, 0.3) is 0 Å². The van der Waals surface area contributed by atoms with Gasteiger partial charge in [-0.3, -0.25) is 19.2 Å². The van der Waals surface area contributed by atoms with Crippen molar-refractivity contribution in [3.8, 4) is 11.5 Å². The quantitative estimate of drug-likeness (QED) is 0.0821. The smallest absolute Gasteiger partial charge is 0.307 e. The summed E-state index contributed by atoms with van der Waals surface area (Å²) in [5.41, 5.74) is 6.37. The van der Waals surface area contributed by atoms with Gasteiger partial charge in [0.2, 0.25) is 5.91 Å². The molecule has 3 heterocycles. The first-order valence-corrected chi connectivity index (χ1v) is 22.0. The highest BCUT2D eigenvalue weighted by Gasteiger charge is 2.33. The predicted octanol–water partition coefficient (Wildman–Crippen LogP) is 4.70. The maximum atomic E-state index is 14.2. The molecule has 61 heavy (non-hydrogen) atoms. The number of carboxylic acid groups (broad SMARTS) is 3. The van der Waals surface area contributed by atoms with E-state index in [0.717, 1.165) is 77.8 Å². The fraction of sp³-hybridized carbons (Fsp3) is 0.542. The summed E-state index contributed by atoms with van der Waals surface area (Å²) in [4.78, 5) is 52.7. The van der Waals surface area contributed by atoms with Crippen LogP contribution in [0.15, 0.2) is 54.6 Å². The first-order chi connectivity index (χ1) is 29.3. The summed E-state index contributed by atoms with van der Waals surface area (Å²) in [7, 11) is 0. The number of aliphatic carboxylic acids is 3. The molecule has 13 nitrogen and oxygen atoms in total. The summed E-state index contributed by atoms with van der Waals surface area (Å²) in [5.74, 6) is -2.62. The summed E-state index contributed by atoms with van der Waals surface area (Å²) in [6, 6.07) is 17.6. The third kappa shape index (κ3) is 13.3. The molecule has 3 aliphatic rings. The Morgan fingerprint density at radius 2 is 0.918 bits per heavy atom. The zero-order valence-electron chi connectivity index (χ0n) is 35.9. The molecule has 330 valence electrons. The molecule has 3 aromatic rings. The summed E-state index contributed by atoms with van der Waals surface area (Å²) in [6.45, 7) is 11.3. The number of nitrogens with zero attached hydrogens (tertiary/aromatic N) is 1. The molecule has 0 bridgehead atoms. The van der Waals surface area contributed by atoms with E-state index in [2.05, 4.69) is 16.0 Å². The zero-order valence-corrected chi connectivity index (χ0v) is 35.9. The number of nitrogens with one attached hydrogen (secondary N) is 3. The number of amides is 1. The van der Waals surface area contributed by atoms with Gasteiger partial charge in [-0.15, -0.1) is 0 Å². The number of carboxylic acids is 3. The number of carbonyl (C=O) groups is 4. The van der Waals surface area contributed by atoms with Crippen LogP contribution in [-0.2, 0) is 44.9 Å². The molecular formula is C48H64N4O9. The highest BCUT2D eigenvalue weighted by molar-refractivity contribution is 5.79. The lowest BCUT2D eigenvalue weighted by Crippen LogP contribution is -2.38. The van der Waals surface area contributed by atoms with Crippen molar-refractivity contribution in [1.82, 2.24) is 20.9 Å². The molecule has 1 amide bonds. The number of aryl methyl sites for hydroxylation is 3. The maximum absolute atomic E-state index is 14.2. The zero-order chi connectivity index (χ0) is 43.5. The highest BCUT2D eigenvalue weighted by Crippen LogP contribution is 2.29. The van der Waals surface area contributed by atoms with E-state index in [1.165, 1.54) is 0 Å². The molecule has 3 aromatic carbocycles. The molecule has 3 saturated heterocycles. The molecule has 0 radical (unpaired) electrons. The number of hydrogen-bond acceptors (Lipinski definition) is 9.